The van der Waals surface area contributed by atoms with Crippen molar-refractivity contribution < 1.29 is 28.5 Å². The largest absolute Gasteiger partial charge is 0.494 e. The Morgan fingerprint density at radius 2 is 1.44 bits per heavy atom. The van der Waals surface area contributed by atoms with E-state index >= 15 is 0 Å². The second kappa shape index (κ2) is 14.2. The summed E-state index contributed by atoms with van der Waals surface area (Å²) in [6.07, 6.45) is 1.81. The van der Waals surface area contributed by atoms with Gasteiger partial charge in [-0.3, -0.25) is 9.36 Å². The SMILES string of the molecule is CCOC(=O)C1=C(C)N=c2s/c(=C\c3ccc(OCc4ccc(C(=O)OCC)cc4)cc3)c(=O)n2[C@H]1c1ccc(OCC)cc1. The van der Waals surface area contributed by atoms with Crippen LogP contribution in [0.4, 0.5) is 0 Å². The number of rotatable bonds is 11. The summed E-state index contributed by atoms with van der Waals surface area (Å²) in [6.45, 7) is 8.58. The molecule has 2 heterocycles. The Morgan fingerprint density at radius 1 is 0.822 bits per heavy atom. The first-order chi connectivity index (χ1) is 21.8. The minimum atomic E-state index is -0.694. The van der Waals surface area contributed by atoms with Crippen LogP contribution in [0.2, 0.25) is 0 Å². The molecule has 5 rings (SSSR count). The number of hydrogen-bond donors (Lipinski definition) is 0. The number of benzene rings is 3. The summed E-state index contributed by atoms with van der Waals surface area (Å²) in [7, 11) is 0. The van der Waals surface area contributed by atoms with Crippen molar-refractivity contribution in [1.29, 1.82) is 0 Å². The van der Waals surface area contributed by atoms with Crippen molar-refractivity contribution in [2.75, 3.05) is 19.8 Å². The molecule has 1 aliphatic rings. The Bertz CT molecular complexity index is 1890. The molecule has 0 aliphatic carbocycles. The summed E-state index contributed by atoms with van der Waals surface area (Å²) >= 11 is 1.27. The average molecular weight is 627 g/mol. The Kier molecular flexibility index (Phi) is 9.94. The van der Waals surface area contributed by atoms with Crippen molar-refractivity contribution in [3.8, 4) is 11.5 Å². The molecule has 0 radical (unpaired) electrons. The van der Waals surface area contributed by atoms with Crippen molar-refractivity contribution in [2.45, 2.75) is 40.3 Å². The zero-order chi connectivity index (χ0) is 31.9. The smallest absolute Gasteiger partial charge is 0.338 e. The topological polar surface area (TPSA) is 105 Å². The third kappa shape index (κ3) is 7.07. The van der Waals surface area contributed by atoms with Crippen molar-refractivity contribution in [1.82, 2.24) is 4.57 Å². The van der Waals surface area contributed by atoms with Crippen LogP contribution in [0.3, 0.4) is 0 Å². The highest BCUT2D eigenvalue weighted by Crippen LogP contribution is 2.31. The molecule has 0 saturated heterocycles. The minimum absolute atomic E-state index is 0.206. The molecule has 1 atom stereocenters. The first kappa shape index (κ1) is 31.5. The van der Waals surface area contributed by atoms with Gasteiger partial charge in [-0.25, -0.2) is 14.6 Å². The van der Waals surface area contributed by atoms with E-state index in [1.54, 1.807) is 43.5 Å². The van der Waals surface area contributed by atoms with Gasteiger partial charge in [0.15, 0.2) is 4.80 Å². The van der Waals surface area contributed by atoms with Gasteiger partial charge < -0.3 is 18.9 Å². The second-order valence-electron chi connectivity index (χ2n) is 10.1. The van der Waals surface area contributed by atoms with Crippen LogP contribution in [0, 0.1) is 0 Å². The number of allylic oxidation sites excluding steroid dienone is 1. The van der Waals surface area contributed by atoms with Crippen LogP contribution in [-0.4, -0.2) is 36.3 Å². The number of aromatic nitrogens is 1. The second-order valence-corrected chi connectivity index (χ2v) is 11.1. The van der Waals surface area contributed by atoms with Crippen molar-refractivity contribution in [3.63, 3.8) is 0 Å². The van der Waals surface area contributed by atoms with Gasteiger partial charge in [-0.15, -0.1) is 0 Å². The van der Waals surface area contributed by atoms with Gasteiger partial charge in [0, 0.05) is 0 Å². The number of hydrogen-bond acceptors (Lipinski definition) is 9. The Labute approximate surface area is 264 Å². The van der Waals surface area contributed by atoms with Gasteiger partial charge in [0.05, 0.1) is 47.2 Å². The standard InChI is InChI=1S/C35H34N2O7S/c1-5-41-27-18-14-25(15-19-27)31-30(34(40)43-7-3)22(4)36-35-37(31)32(38)29(45-35)20-23-10-16-28(17-11-23)44-21-24-8-12-26(13-9-24)33(39)42-6-2/h8-20,31H,5-7,21H2,1-4H3/b29-20-/t31-/m0/s1. The molecule has 0 fully saturated rings. The number of ether oxygens (including phenoxy) is 4. The Morgan fingerprint density at radius 3 is 2.09 bits per heavy atom. The van der Waals surface area contributed by atoms with Crippen LogP contribution >= 0.6 is 11.3 Å². The third-order valence-corrected chi connectivity index (χ3v) is 8.06. The average Bonchev–Trinajstić information content (AvgIpc) is 3.34. The molecule has 0 saturated carbocycles. The number of carbonyl (C=O) groups excluding carboxylic acids is 2. The number of fused-ring (bicyclic) bond motifs is 1. The molecular formula is C35H34N2O7S. The van der Waals surface area contributed by atoms with Crippen LogP contribution in [-0.2, 0) is 20.9 Å². The van der Waals surface area contributed by atoms with Crippen molar-refractivity contribution in [2.24, 2.45) is 4.99 Å². The Balaban J connectivity index is 1.40. The van der Waals surface area contributed by atoms with E-state index in [0.29, 0.717) is 57.5 Å². The predicted molar refractivity (Wildman–Crippen MR) is 171 cm³/mol. The van der Waals surface area contributed by atoms with E-state index in [1.807, 2.05) is 67.6 Å². The molecule has 10 heteroatoms. The lowest BCUT2D eigenvalue weighted by atomic mass is 9.96. The fourth-order valence-corrected chi connectivity index (χ4v) is 6.00. The summed E-state index contributed by atoms with van der Waals surface area (Å²) in [4.78, 5) is 44.0. The maximum atomic E-state index is 13.9. The first-order valence-corrected chi connectivity index (χ1v) is 15.6. The normalized spacial score (nSPS) is 14.4. The van der Waals surface area contributed by atoms with Gasteiger partial charge in [0.1, 0.15) is 18.1 Å². The zero-order valence-corrected chi connectivity index (χ0v) is 26.4. The van der Waals surface area contributed by atoms with E-state index in [4.69, 9.17) is 18.9 Å². The summed E-state index contributed by atoms with van der Waals surface area (Å²) in [5, 5.41) is 0. The van der Waals surface area contributed by atoms with Crippen LogP contribution < -0.4 is 24.4 Å². The molecule has 1 aromatic heterocycles. The molecule has 0 spiro atoms. The van der Waals surface area contributed by atoms with Crippen molar-refractivity contribution in [3.05, 3.63) is 126 Å². The monoisotopic (exact) mass is 626 g/mol. The lowest BCUT2D eigenvalue weighted by Gasteiger charge is -2.24. The molecule has 0 amide bonds. The first-order valence-electron chi connectivity index (χ1n) is 14.7. The molecule has 9 nitrogen and oxygen atoms in total. The molecule has 0 unspecified atom stereocenters. The van der Waals surface area contributed by atoms with Crippen LogP contribution in [0.5, 0.6) is 11.5 Å². The molecule has 0 N–H and O–H groups in total. The summed E-state index contributed by atoms with van der Waals surface area (Å²) in [5.74, 6) is 0.506. The number of esters is 2. The number of carbonyl (C=O) groups is 2. The molecule has 232 valence electrons. The maximum Gasteiger partial charge on any atom is 0.338 e. The molecule has 1 aliphatic heterocycles. The van der Waals surface area contributed by atoms with Crippen LogP contribution in [0.1, 0.15) is 60.8 Å². The summed E-state index contributed by atoms with van der Waals surface area (Å²) in [5.41, 5.74) is 3.56. The highest BCUT2D eigenvalue weighted by Gasteiger charge is 2.33. The highest BCUT2D eigenvalue weighted by molar-refractivity contribution is 7.07. The van der Waals surface area contributed by atoms with E-state index in [9.17, 15) is 14.4 Å². The number of nitrogens with zero attached hydrogens (tertiary/aromatic N) is 2. The van der Waals surface area contributed by atoms with Crippen LogP contribution in [0.25, 0.3) is 6.08 Å². The van der Waals surface area contributed by atoms with Gasteiger partial charge in [0.2, 0.25) is 0 Å². The van der Waals surface area contributed by atoms with Crippen molar-refractivity contribution >= 4 is 29.4 Å². The maximum absolute atomic E-state index is 13.9. The molecule has 3 aromatic carbocycles. The van der Waals surface area contributed by atoms with E-state index in [2.05, 4.69) is 4.99 Å². The van der Waals surface area contributed by atoms with Crippen LogP contribution in [0.15, 0.2) is 93.9 Å². The quantitative estimate of drug-likeness (QED) is 0.217. The van der Waals surface area contributed by atoms with Gasteiger partial charge in [-0.05, 0) is 86.9 Å². The molecule has 4 aromatic rings. The predicted octanol–water partition coefficient (Wildman–Crippen LogP) is 4.95. The van der Waals surface area contributed by atoms with E-state index in [0.717, 1.165) is 16.7 Å². The molecule has 0 bridgehead atoms. The van der Waals surface area contributed by atoms with E-state index in [-0.39, 0.29) is 18.1 Å². The third-order valence-electron chi connectivity index (χ3n) is 7.07. The molecule has 45 heavy (non-hydrogen) atoms. The van der Waals surface area contributed by atoms with E-state index in [1.165, 1.54) is 11.3 Å². The highest BCUT2D eigenvalue weighted by atomic mass is 32.1. The summed E-state index contributed by atoms with van der Waals surface area (Å²) in [6, 6.07) is 21.2. The fourth-order valence-electron chi connectivity index (χ4n) is 4.95. The Hall–Kier alpha value is -4.96. The summed E-state index contributed by atoms with van der Waals surface area (Å²) < 4.78 is 24.0. The van der Waals surface area contributed by atoms with E-state index < -0.39 is 12.0 Å². The molecular weight excluding hydrogens is 592 g/mol. The van der Waals surface area contributed by atoms with Gasteiger partial charge in [0.25, 0.3) is 5.56 Å². The van der Waals surface area contributed by atoms with Gasteiger partial charge in [-0.1, -0.05) is 47.7 Å². The van der Waals surface area contributed by atoms with Gasteiger partial charge in [-0.2, -0.15) is 0 Å². The number of thiazole rings is 1. The zero-order valence-electron chi connectivity index (χ0n) is 25.6. The van der Waals surface area contributed by atoms with Gasteiger partial charge >= 0.3 is 11.9 Å². The lowest BCUT2D eigenvalue weighted by molar-refractivity contribution is -0.139. The lowest BCUT2D eigenvalue weighted by Crippen LogP contribution is -2.39. The minimum Gasteiger partial charge on any atom is -0.494 e. The fraction of sp³-hybridized carbons (Fsp3) is 0.257.